The number of anilines is 2. The van der Waals surface area contributed by atoms with Gasteiger partial charge in [0.05, 0.1) is 17.7 Å². The summed E-state index contributed by atoms with van der Waals surface area (Å²) in [7, 11) is 0. The van der Waals surface area contributed by atoms with Gasteiger partial charge in [0, 0.05) is 33.9 Å². The molecule has 5 rings (SSSR count). The summed E-state index contributed by atoms with van der Waals surface area (Å²) < 4.78 is 3.32. The normalized spacial score (nSPS) is 10.8. The number of nitrogens with zero attached hydrogens (tertiary/aromatic N) is 4. The predicted octanol–water partition coefficient (Wildman–Crippen LogP) is 4.42. The molecule has 0 bridgehead atoms. The van der Waals surface area contributed by atoms with E-state index in [0.717, 1.165) is 32.7 Å². The third kappa shape index (κ3) is 3.72. The molecule has 0 spiro atoms. The molecule has 7 heteroatoms. The van der Waals surface area contributed by atoms with Crippen LogP contribution in [0.15, 0.2) is 83.5 Å². The largest absolute Gasteiger partial charge is 0.340 e. The molecule has 150 valence electrons. The smallest absolute Gasteiger partial charge is 0.333 e. The summed E-state index contributed by atoms with van der Waals surface area (Å²) in [6.07, 6.45) is 10.6. The zero-order chi connectivity index (χ0) is 21.2. The van der Waals surface area contributed by atoms with E-state index in [4.69, 9.17) is 6.42 Å². The van der Waals surface area contributed by atoms with Gasteiger partial charge in [0.25, 0.3) is 0 Å². The number of rotatable bonds is 5. The predicted molar refractivity (Wildman–Crippen MR) is 124 cm³/mol. The molecule has 0 saturated carbocycles. The van der Waals surface area contributed by atoms with Crippen LogP contribution < -0.4 is 11.0 Å². The van der Waals surface area contributed by atoms with Crippen molar-refractivity contribution < 1.29 is 0 Å². The van der Waals surface area contributed by atoms with Crippen LogP contribution in [0.25, 0.3) is 16.6 Å². The lowest BCUT2D eigenvalue weighted by molar-refractivity contribution is 0.751. The van der Waals surface area contributed by atoms with Crippen LogP contribution in [0.5, 0.6) is 0 Å². The van der Waals surface area contributed by atoms with E-state index in [1.807, 2.05) is 60.0 Å². The van der Waals surface area contributed by atoms with E-state index in [1.54, 1.807) is 32.9 Å². The molecular weight excluding hydrogens is 406 g/mol. The van der Waals surface area contributed by atoms with E-state index in [1.165, 1.54) is 6.33 Å². The third-order valence-corrected chi connectivity index (χ3v) is 5.80. The molecular formula is C24H17N5OS. The maximum atomic E-state index is 12.9. The zero-order valence-electron chi connectivity index (χ0n) is 16.4. The van der Waals surface area contributed by atoms with Crippen LogP contribution in [-0.4, -0.2) is 19.1 Å². The number of fused-ring (bicyclic) bond motifs is 1. The monoisotopic (exact) mass is 423 g/mol. The van der Waals surface area contributed by atoms with Gasteiger partial charge in [0.2, 0.25) is 0 Å². The van der Waals surface area contributed by atoms with Gasteiger partial charge in [0.15, 0.2) is 0 Å². The summed E-state index contributed by atoms with van der Waals surface area (Å²) in [6, 6.07) is 17.3. The fraction of sp³-hybridized carbons (Fsp3) is 0.0417. The van der Waals surface area contributed by atoms with E-state index in [0.29, 0.717) is 12.4 Å². The van der Waals surface area contributed by atoms with E-state index in [2.05, 4.69) is 21.2 Å². The van der Waals surface area contributed by atoms with Gasteiger partial charge in [-0.2, -0.15) is 0 Å². The van der Waals surface area contributed by atoms with Crippen molar-refractivity contribution in [3.05, 3.63) is 99.6 Å². The molecule has 0 radical (unpaired) electrons. The first-order valence-electron chi connectivity index (χ1n) is 9.60. The molecule has 3 aromatic heterocycles. The lowest BCUT2D eigenvalue weighted by Crippen LogP contribution is -2.23. The minimum absolute atomic E-state index is 0.0965. The molecule has 0 aliphatic carbocycles. The van der Waals surface area contributed by atoms with Crippen LogP contribution in [-0.2, 0) is 6.54 Å². The van der Waals surface area contributed by atoms with Crippen LogP contribution in [0.1, 0.15) is 10.4 Å². The molecule has 31 heavy (non-hydrogen) atoms. The maximum absolute atomic E-state index is 12.9. The first kappa shape index (κ1) is 18.9. The van der Waals surface area contributed by atoms with Crippen molar-refractivity contribution in [3.8, 4) is 18.0 Å². The van der Waals surface area contributed by atoms with Crippen molar-refractivity contribution in [3.63, 3.8) is 0 Å². The molecule has 0 atom stereocenters. The van der Waals surface area contributed by atoms with Crippen molar-refractivity contribution in [2.24, 2.45) is 0 Å². The summed E-state index contributed by atoms with van der Waals surface area (Å²) in [5.41, 5.74) is 3.04. The third-order valence-electron chi connectivity index (χ3n) is 4.94. The van der Waals surface area contributed by atoms with Gasteiger partial charge in [-0.1, -0.05) is 18.1 Å². The minimum atomic E-state index is -0.0965. The summed E-state index contributed by atoms with van der Waals surface area (Å²) in [5.74, 6) is 3.28. The summed E-state index contributed by atoms with van der Waals surface area (Å²) in [5, 5.41) is 6.13. The van der Waals surface area contributed by atoms with E-state index >= 15 is 0 Å². The molecule has 2 aromatic carbocycles. The van der Waals surface area contributed by atoms with Crippen LogP contribution in [0.3, 0.4) is 0 Å². The number of aromatic nitrogens is 4. The highest BCUT2D eigenvalue weighted by Crippen LogP contribution is 2.25. The molecule has 6 nitrogen and oxygen atoms in total. The Morgan fingerprint density at radius 2 is 2.00 bits per heavy atom. The number of hydrogen-bond acceptors (Lipinski definition) is 5. The number of benzene rings is 2. The molecule has 1 N–H and O–H groups in total. The zero-order valence-corrected chi connectivity index (χ0v) is 17.2. The minimum Gasteiger partial charge on any atom is -0.340 e. The van der Waals surface area contributed by atoms with Gasteiger partial charge >= 0.3 is 5.69 Å². The molecule has 0 aliphatic rings. The van der Waals surface area contributed by atoms with Crippen LogP contribution in [0.4, 0.5) is 11.5 Å². The van der Waals surface area contributed by atoms with Crippen molar-refractivity contribution >= 4 is 33.7 Å². The molecule has 0 aliphatic heterocycles. The lowest BCUT2D eigenvalue weighted by atomic mass is 10.2. The van der Waals surface area contributed by atoms with E-state index < -0.39 is 0 Å². The lowest BCUT2D eigenvalue weighted by Gasteiger charge is -2.10. The van der Waals surface area contributed by atoms with Crippen LogP contribution >= 0.6 is 11.3 Å². The first-order valence-corrected chi connectivity index (χ1v) is 10.5. The molecule has 0 unspecified atom stereocenters. The Morgan fingerprint density at radius 1 is 1.06 bits per heavy atom. The summed E-state index contributed by atoms with van der Waals surface area (Å²) in [4.78, 5) is 22.8. The molecule has 0 fully saturated rings. The SMILES string of the molecule is C#Cc1cccc(Nc2ncnc3ccc(-n4ccn(Cc5cccs5)c4=O)cc23)c1. The van der Waals surface area contributed by atoms with Crippen molar-refractivity contribution in [2.45, 2.75) is 6.54 Å². The van der Waals surface area contributed by atoms with Crippen molar-refractivity contribution in [2.75, 3.05) is 5.32 Å². The van der Waals surface area contributed by atoms with Gasteiger partial charge in [0.1, 0.15) is 12.1 Å². The topological polar surface area (TPSA) is 64.7 Å². The molecule has 5 aromatic rings. The van der Waals surface area contributed by atoms with Gasteiger partial charge in [-0.05, 0) is 47.8 Å². The van der Waals surface area contributed by atoms with Gasteiger partial charge in [-0.3, -0.25) is 9.13 Å². The molecule has 0 amide bonds. The van der Waals surface area contributed by atoms with Crippen molar-refractivity contribution in [1.82, 2.24) is 19.1 Å². The molecule has 3 heterocycles. The number of imidazole rings is 1. The van der Waals surface area contributed by atoms with E-state index in [9.17, 15) is 4.79 Å². The van der Waals surface area contributed by atoms with Gasteiger partial charge in [-0.25, -0.2) is 14.8 Å². The summed E-state index contributed by atoms with van der Waals surface area (Å²) in [6.45, 7) is 0.554. The average molecular weight is 424 g/mol. The van der Waals surface area contributed by atoms with Crippen molar-refractivity contribution in [1.29, 1.82) is 0 Å². The van der Waals surface area contributed by atoms with Gasteiger partial charge in [-0.15, -0.1) is 17.8 Å². The number of thiophene rings is 1. The number of terminal acetylenes is 1. The number of nitrogens with one attached hydrogen (secondary N) is 1. The Hall–Kier alpha value is -4.15. The Balaban J connectivity index is 1.53. The Kier molecular flexibility index (Phi) is 4.83. The highest BCUT2D eigenvalue weighted by Gasteiger charge is 2.10. The Bertz CT molecular complexity index is 1470. The second-order valence-corrected chi connectivity index (χ2v) is 7.96. The highest BCUT2D eigenvalue weighted by atomic mass is 32.1. The van der Waals surface area contributed by atoms with Crippen LogP contribution in [0, 0.1) is 12.3 Å². The average Bonchev–Trinajstić information content (AvgIpc) is 3.44. The first-order chi connectivity index (χ1) is 15.2. The highest BCUT2D eigenvalue weighted by molar-refractivity contribution is 7.09. The van der Waals surface area contributed by atoms with Crippen LogP contribution in [0.2, 0.25) is 0 Å². The fourth-order valence-corrected chi connectivity index (χ4v) is 4.12. The van der Waals surface area contributed by atoms with E-state index in [-0.39, 0.29) is 5.69 Å². The fourth-order valence-electron chi connectivity index (χ4n) is 3.42. The number of hydrogen-bond donors (Lipinski definition) is 1. The quantitative estimate of drug-likeness (QED) is 0.425. The maximum Gasteiger partial charge on any atom is 0.333 e. The Morgan fingerprint density at radius 3 is 2.84 bits per heavy atom. The molecule has 0 saturated heterocycles. The van der Waals surface area contributed by atoms with Gasteiger partial charge < -0.3 is 5.32 Å². The second kappa shape index (κ2) is 7.94. The standard InChI is InChI=1S/C24H17N5OS/c1-2-17-5-3-6-18(13-17)27-23-21-14-19(8-9-22(21)25-16-26-23)29-11-10-28(24(29)30)15-20-7-4-12-31-20/h1,3-14,16H,15H2,(H,25,26,27). The second-order valence-electron chi connectivity index (χ2n) is 6.93. The Labute approximate surface area is 182 Å². The summed E-state index contributed by atoms with van der Waals surface area (Å²) >= 11 is 1.63.